The van der Waals surface area contributed by atoms with E-state index in [1.807, 2.05) is 52.8 Å². The number of ether oxygens (including phenoxy) is 1. The van der Waals surface area contributed by atoms with Gasteiger partial charge in [-0.2, -0.15) is 0 Å². The predicted molar refractivity (Wildman–Crippen MR) is 106 cm³/mol. The number of hydrogen-bond donors (Lipinski definition) is 1. The molecule has 1 atom stereocenters. The molecular weight excluding hydrogens is 346 g/mol. The monoisotopic (exact) mass is 375 g/mol. The van der Waals surface area contributed by atoms with Crippen LogP contribution < -0.4 is 9.46 Å². The summed E-state index contributed by atoms with van der Waals surface area (Å²) in [6, 6.07) is 9.30. The van der Waals surface area contributed by atoms with E-state index in [9.17, 15) is 8.42 Å². The third-order valence-corrected chi connectivity index (χ3v) is 6.35. The molecule has 26 heavy (non-hydrogen) atoms. The van der Waals surface area contributed by atoms with Crippen LogP contribution in [0.1, 0.15) is 60.5 Å². The Morgan fingerprint density at radius 3 is 2.15 bits per heavy atom. The van der Waals surface area contributed by atoms with E-state index in [0.29, 0.717) is 10.5 Å². The van der Waals surface area contributed by atoms with Crippen LogP contribution in [0.2, 0.25) is 0 Å². The summed E-state index contributed by atoms with van der Waals surface area (Å²) in [5.74, 6) is 0.884. The van der Waals surface area contributed by atoms with Gasteiger partial charge >= 0.3 is 0 Å². The molecule has 0 saturated carbocycles. The molecule has 1 N–H and O–H groups in total. The van der Waals surface area contributed by atoms with Crippen molar-refractivity contribution < 1.29 is 13.2 Å². The lowest BCUT2D eigenvalue weighted by atomic mass is 10.0. The summed E-state index contributed by atoms with van der Waals surface area (Å²) < 4.78 is 34.4. The van der Waals surface area contributed by atoms with Crippen LogP contribution in [0.4, 0.5) is 0 Å². The van der Waals surface area contributed by atoms with E-state index < -0.39 is 10.0 Å². The van der Waals surface area contributed by atoms with Crippen LogP contribution in [0.5, 0.6) is 5.75 Å². The Bertz CT molecular complexity index is 902. The molecule has 0 aliphatic carbocycles. The average molecular weight is 376 g/mol. The average Bonchev–Trinajstić information content (AvgIpc) is 2.55. The second-order valence-corrected chi connectivity index (χ2v) is 8.90. The Labute approximate surface area is 157 Å². The Balaban J connectivity index is 2.44. The molecule has 0 saturated heterocycles. The van der Waals surface area contributed by atoms with Crippen LogP contribution in [-0.4, -0.2) is 15.5 Å². The van der Waals surface area contributed by atoms with Gasteiger partial charge in [0.2, 0.25) is 10.0 Å². The summed E-state index contributed by atoms with van der Waals surface area (Å²) in [7, 11) is -2.05. The Hall–Kier alpha value is -1.85. The van der Waals surface area contributed by atoms with Gasteiger partial charge in [0.15, 0.2) is 0 Å². The van der Waals surface area contributed by atoms with Gasteiger partial charge in [0.05, 0.1) is 12.0 Å². The molecule has 2 aromatic rings. The summed E-state index contributed by atoms with van der Waals surface area (Å²) in [6.07, 6.45) is 0. The van der Waals surface area contributed by atoms with Gasteiger partial charge in [-0.3, -0.25) is 0 Å². The molecule has 4 nitrogen and oxygen atoms in total. The predicted octanol–water partition coefficient (Wildman–Crippen LogP) is 4.78. The van der Waals surface area contributed by atoms with Crippen molar-refractivity contribution >= 4 is 10.0 Å². The number of benzene rings is 2. The molecule has 0 amide bonds. The minimum atomic E-state index is -3.65. The maximum absolute atomic E-state index is 13.1. The van der Waals surface area contributed by atoms with Crippen LogP contribution in [0.25, 0.3) is 0 Å². The highest BCUT2D eigenvalue weighted by atomic mass is 32.2. The number of rotatable bonds is 6. The first-order chi connectivity index (χ1) is 12.1. The van der Waals surface area contributed by atoms with E-state index in [1.165, 1.54) is 0 Å². The lowest BCUT2D eigenvalue weighted by molar-refractivity contribution is 0.406. The summed E-state index contributed by atoms with van der Waals surface area (Å²) >= 11 is 0. The summed E-state index contributed by atoms with van der Waals surface area (Å²) in [5, 5.41) is 0. The number of methoxy groups -OCH3 is 1. The molecular formula is C21H29NO3S. The molecule has 0 aromatic heterocycles. The van der Waals surface area contributed by atoms with Crippen molar-refractivity contribution in [1.82, 2.24) is 4.72 Å². The van der Waals surface area contributed by atoms with Gasteiger partial charge in [-0.15, -0.1) is 0 Å². The number of aryl methyl sites for hydroxylation is 3. The Morgan fingerprint density at radius 2 is 1.58 bits per heavy atom. The molecule has 0 unspecified atom stereocenters. The molecule has 142 valence electrons. The lowest BCUT2D eigenvalue weighted by Gasteiger charge is -2.20. The van der Waals surface area contributed by atoms with E-state index in [1.54, 1.807) is 26.2 Å². The van der Waals surface area contributed by atoms with Crippen LogP contribution in [0.15, 0.2) is 35.2 Å². The summed E-state index contributed by atoms with van der Waals surface area (Å²) in [4.78, 5) is 0.305. The van der Waals surface area contributed by atoms with Gasteiger partial charge in [-0.25, -0.2) is 13.1 Å². The topological polar surface area (TPSA) is 55.4 Å². The van der Waals surface area contributed by atoms with E-state index >= 15 is 0 Å². The van der Waals surface area contributed by atoms with Gasteiger partial charge in [-0.05, 0) is 68.0 Å². The quantitative estimate of drug-likeness (QED) is 0.790. The Kier molecular flexibility index (Phi) is 6.14. The fourth-order valence-electron chi connectivity index (χ4n) is 3.18. The zero-order valence-electron chi connectivity index (χ0n) is 16.7. The van der Waals surface area contributed by atoms with Gasteiger partial charge in [0.25, 0.3) is 0 Å². The number of sulfonamides is 1. The lowest BCUT2D eigenvalue weighted by Crippen LogP contribution is -2.28. The van der Waals surface area contributed by atoms with E-state index in [0.717, 1.165) is 28.0 Å². The highest BCUT2D eigenvalue weighted by Gasteiger charge is 2.23. The molecule has 2 rings (SSSR count). The van der Waals surface area contributed by atoms with Gasteiger partial charge in [0.1, 0.15) is 5.75 Å². The molecule has 0 fully saturated rings. The van der Waals surface area contributed by atoms with Crippen molar-refractivity contribution in [2.24, 2.45) is 0 Å². The minimum Gasteiger partial charge on any atom is -0.496 e. The second kappa shape index (κ2) is 7.80. The molecule has 0 heterocycles. The fourth-order valence-corrected chi connectivity index (χ4v) is 4.67. The van der Waals surface area contributed by atoms with Crippen molar-refractivity contribution in [2.75, 3.05) is 7.11 Å². The van der Waals surface area contributed by atoms with E-state index in [4.69, 9.17) is 4.74 Å². The number of hydrogen-bond acceptors (Lipinski definition) is 3. The van der Waals surface area contributed by atoms with Crippen LogP contribution in [0, 0.1) is 20.8 Å². The SMILES string of the molecule is COc1cc(C)c(S(=O)(=O)N[C@@H](C)c2cc(C)ccc2C)cc1C(C)C. The fraction of sp³-hybridized carbons (Fsp3) is 0.429. The molecule has 5 heteroatoms. The second-order valence-electron chi connectivity index (χ2n) is 7.22. The molecule has 0 aliphatic heterocycles. The third-order valence-electron chi connectivity index (χ3n) is 4.67. The van der Waals surface area contributed by atoms with Gasteiger partial charge in [0, 0.05) is 6.04 Å². The first-order valence-electron chi connectivity index (χ1n) is 8.84. The van der Waals surface area contributed by atoms with Crippen molar-refractivity contribution in [3.05, 3.63) is 58.1 Å². The maximum atomic E-state index is 13.1. The highest BCUT2D eigenvalue weighted by molar-refractivity contribution is 7.89. The maximum Gasteiger partial charge on any atom is 0.241 e. The highest BCUT2D eigenvalue weighted by Crippen LogP contribution is 2.32. The van der Waals surface area contributed by atoms with Crippen molar-refractivity contribution in [3.63, 3.8) is 0 Å². The van der Waals surface area contributed by atoms with Crippen LogP contribution in [-0.2, 0) is 10.0 Å². The zero-order valence-corrected chi connectivity index (χ0v) is 17.5. The Morgan fingerprint density at radius 1 is 0.923 bits per heavy atom. The summed E-state index contributed by atoms with van der Waals surface area (Å²) in [6.45, 7) is 11.7. The normalized spacial score (nSPS) is 13.1. The third kappa shape index (κ3) is 4.27. The molecule has 0 aliphatic rings. The van der Waals surface area contributed by atoms with Crippen molar-refractivity contribution in [1.29, 1.82) is 0 Å². The van der Waals surface area contributed by atoms with Gasteiger partial charge < -0.3 is 4.74 Å². The van der Waals surface area contributed by atoms with Crippen molar-refractivity contribution in [2.45, 2.75) is 58.4 Å². The summed E-state index contributed by atoms with van der Waals surface area (Å²) in [5.41, 5.74) is 4.73. The first-order valence-corrected chi connectivity index (χ1v) is 10.3. The van der Waals surface area contributed by atoms with E-state index in [2.05, 4.69) is 4.72 Å². The number of nitrogens with one attached hydrogen (secondary N) is 1. The van der Waals surface area contributed by atoms with E-state index in [-0.39, 0.29) is 12.0 Å². The zero-order chi connectivity index (χ0) is 19.6. The minimum absolute atomic E-state index is 0.163. The smallest absolute Gasteiger partial charge is 0.241 e. The first kappa shape index (κ1) is 20.5. The standard InChI is InChI=1S/C21H29NO3S/c1-13(2)18-12-21(16(5)11-20(18)25-7)26(23,24)22-17(6)19-10-14(3)8-9-15(19)4/h8-13,17,22H,1-7H3/t17-/m0/s1. The largest absolute Gasteiger partial charge is 0.496 e. The van der Waals surface area contributed by atoms with Crippen molar-refractivity contribution in [3.8, 4) is 5.75 Å². The van der Waals surface area contributed by atoms with Crippen LogP contribution >= 0.6 is 0 Å². The molecule has 0 spiro atoms. The molecule has 0 bridgehead atoms. The van der Waals surface area contributed by atoms with Gasteiger partial charge in [-0.1, -0.05) is 37.6 Å². The molecule has 2 aromatic carbocycles. The molecule has 0 radical (unpaired) electrons. The van der Waals surface area contributed by atoms with Crippen LogP contribution in [0.3, 0.4) is 0 Å².